The number of rotatable bonds is 6. The molecule has 0 radical (unpaired) electrons. The first-order chi connectivity index (χ1) is 10.1. The summed E-state index contributed by atoms with van der Waals surface area (Å²) in [4.78, 5) is 25.7. The average Bonchev–Trinajstić information content (AvgIpc) is 2.97. The Morgan fingerprint density at radius 1 is 1.43 bits per heavy atom. The van der Waals surface area contributed by atoms with Gasteiger partial charge in [0.15, 0.2) is 0 Å². The number of benzene rings is 1. The second kappa shape index (κ2) is 6.98. The van der Waals surface area contributed by atoms with Crippen molar-refractivity contribution in [2.45, 2.75) is 12.8 Å². The van der Waals surface area contributed by atoms with Gasteiger partial charge in [0.2, 0.25) is 0 Å². The molecular formula is C12H14N6O3. The quantitative estimate of drug-likeness (QED) is 0.422. The number of aryl methyl sites for hydroxylation is 1. The number of nitro benzene ring substituents is 1. The van der Waals surface area contributed by atoms with E-state index in [9.17, 15) is 14.9 Å². The van der Waals surface area contributed by atoms with E-state index in [-0.39, 0.29) is 5.69 Å². The van der Waals surface area contributed by atoms with E-state index >= 15 is 0 Å². The van der Waals surface area contributed by atoms with Crippen molar-refractivity contribution < 1.29 is 9.72 Å². The van der Waals surface area contributed by atoms with E-state index in [0.717, 1.165) is 5.82 Å². The number of carbonyl (C=O) groups excluding carboxylic acids is 1. The number of anilines is 1. The molecule has 0 spiro atoms. The molecule has 21 heavy (non-hydrogen) atoms. The third kappa shape index (κ3) is 4.56. The third-order valence-electron chi connectivity index (χ3n) is 2.66. The molecule has 0 atom stereocenters. The number of hydrogen-bond acceptors (Lipinski definition) is 5. The molecule has 0 aliphatic heterocycles. The molecule has 2 rings (SSSR count). The van der Waals surface area contributed by atoms with Gasteiger partial charge < -0.3 is 10.6 Å². The van der Waals surface area contributed by atoms with Crippen molar-refractivity contribution in [2.75, 3.05) is 11.9 Å². The minimum Gasteiger partial charge on any atom is -0.338 e. The first kappa shape index (κ1) is 14.4. The van der Waals surface area contributed by atoms with Gasteiger partial charge in [-0.1, -0.05) is 6.07 Å². The van der Waals surface area contributed by atoms with Crippen molar-refractivity contribution in [2.24, 2.45) is 0 Å². The number of urea groups is 1. The van der Waals surface area contributed by atoms with Crippen LogP contribution in [0.15, 0.2) is 30.6 Å². The average molecular weight is 290 g/mol. The van der Waals surface area contributed by atoms with Crippen LogP contribution in [-0.2, 0) is 6.42 Å². The lowest BCUT2D eigenvalue weighted by Gasteiger charge is -2.06. The van der Waals surface area contributed by atoms with Gasteiger partial charge in [-0.25, -0.2) is 9.78 Å². The first-order valence-corrected chi connectivity index (χ1v) is 6.28. The zero-order chi connectivity index (χ0) is 15.1. The summed E-state index contributed by atoms with van der Waals surface area (Å²) in [6.07, 6.45) is 2.81. The molecule has 1 heterocycles. The largest absolute Gasteiger partial charge is 0.338 e. The fourth-order valence-electron chi connectivity index (χ4n) is 1.68. The van der Waals surface area contributed by atoms with Crippen LogP contribution in [0.4, 0.5) is 16.2 Å². The van der Waals surface area contributed by atoms with E-state index in [1.165, 1.54) is 24.5 Å². The van der Waals surface area contributed by atoms with Crippen LogP contribution in [0, 0.1) is 10.1 Å². The van der Waals surface area contributed by atoms with Gasteiger partial charge in [0, 0.05) is 30.8 Å². The van der Waals surface area contributed by atoms with E-state index < -0.39 is 11.0 Å². The number of H-pyrrole nitrogens is 1. The predicted molar refractivity (Wildman–Crippen MR) is 74.8 cm³/mol. The molecular weight excluding hydrogens is 276 g/mol. The summed E-state index contributed by atoms with van der Waals surface area (Å²) in [6, 6.07) is 5.35. The minimum atomic E-state index is -0.513. The van der Waals surface area contributed by atoms with Crippen molar-refractivity contribution in [3.8, 4) is 0 Å². The monoisotopic (exact) mass is 290 g/mol. The van der Waals surface area contributed by atoms with E-state index in [0.29, 0.717) is 25.1 Å². The number of nitro groups is 1. The maximum absolute atomic E-state index is 11.6. The number of nitrogens with zero attached hydrogens (tertiary/aromatic N) is 3. The van der Waals surface area contributed by atoms with Gasteiger partial charge in [-0.05, 0) is 12.5 Å². The fourth-order valence-corrected chi connectivity index (χ4v) is 1.68. The molecule has 3 N–H and O–H groups in total. The summed E-state index contributed by atoms with van der Waals surface area (Å²) < 4.78 is 0. The van der Waals surface area contributed by atoms with Crippen LogP contribution < -0.4 is 10.6 Å². The summed E-state index contributed by atoms with van der Waals surface area (Å²) in [7, 11) is 0. The zero-order valence-electron chi connectivity index (χ0n) is 11.1. The Balaban J connectivity index is 1.74. The highest BCUT2D eigenvalue weighted by Gasteiger charge is 2.07. The van der Waals surface area contributed by atoms with Crippen molar-refractivity contribution in [3.05, 3.63) is 46.5 Å². The van der Waals surface area contributed by atoms with E-state index in [4.69, 9.17) is 0 Å². The fraction of sp³-hybridized carbons (Fsp3) is 0.250. The Morgan fingerprint density at radius 3 is 3.00 bits per heavy atom. The highest BCUT2D eigenvalue weighted by molar-refractivity contribution is 5.89. The van der Waals surface area contributed by atoms with Crippen LogP contribution in [0.25, 0.3) is 0 Å². The molecule has 1 aromatic heterocycles. The summed E-state index contributed by atoms with van der Waals surface area (Å²) in [5.41, 5.74) is 0.301. The SMILES string of the molecule is O=C(NCCCc1ncn[nH]1)Nc1cccc([N+](=O)[O-])c1. The molecule has 110 valence electrons. The standard InChI is InChI=1S/C12H14N6O3/c19-12(13-6-2-5-11-14-8-15-17-11)16-9-3-1-4-10(7-9)18(20)21/h1,3-4,7-8H,2,5-6H2,(H2,13,16,19)(H,14,15,17). The molecule has 0 aliphatic rings. The maximum atomic E-state index is 11.6. The second-order valence-corrected chi connectivity index (χ2v) is 4.22. The van der Waals surface area contributed by atoms with Crippen LogP contribution in [0.2, 0.25) is 0 Å². The van der Waals surface area contributed by atoms with Crippen molar-refractivity contribution >= 4 is 17.4 Å². The molecule has 9 heteroatoms. The number of nitrogens with one attached hydrogen (secondary N) is 3. The lowest BCUT2D eigenvalue weighted by atomic mass is 10.3. The molecule has 0 aliphatic carbocycles. The summed E-state index contributed by atoms with van der Waals surface area (Å²) in [5, 5.41) is 22.3. The van der Waals surface area contributed by atoms with Crippen LogP contribution >= 0.6 is 0 Å². The number of amides is 2. The molecule has 0 saturated carbocycles. The van der Waals surface area contributed by atoms with Gasteiger partial charge >= 0.3 is 6.03 Å². The zero-order valence-corrected chi connectivity index (χ0v) is 11.1. The van der Waals surface area contributed by atoms with Crippen LogP contribution in [-0.4, -0.2) is 32.7 Å². The van der Waals surface area contributed by atoms with Crippen LogP contribution in [0.1, 0.15) is 12.2 Å². The Morgan fingerprint density at radius 2 is 2.29 bits per heavy atom. The minimum absolute atomic E-state index is 0.0712. The highest BCUT2D eigenvalue weighted by atomic mass is 16.6. The summed E-state index contributed by atoms with van der Waals surface area (Å²) >= 11 is 0. The van der Waals surface area contributed by atoms with E-state index in [2.05, 4.69) is 25.8 Å². The lowest BCUT2D eigenvalue weighted by Crippen LogP contribution is -2.29. The Kier molecular flexibility index (Phi) is 4.80. The molecule has 9 nitrogen and oxygen atoms in total. The van der Waals surface area contributed by atoms with Crippen molar-refractivity contribution in [3.63, 3.8) is 0 Å². The van der Waals surface area contributed by atoms with Crippen LogP contribution in [0.5, 0.6) is 0 Å². The topological polar surface area (TPSA) is 126 Å². The molecule has 0 saturated heterocycles. The maximum Gasteiger partial charge on any atom is 0.319 e. The number of hydrogen-bond donors (Lipinski definition) is 3. The molecule has 2 amide bonds. The van der Waals surface area contributed by atoms with E-state index in [1.807, 2.05) is 0 Å². The summed E-state index contributed by atoms with van der Waals surface area (Å²) in [5.74, 6) is 0.760. The van der Waals surface area contributed by atoms with Gasteiger partial charge in [0.25, 0.3) is 5.69 Å². The van der Waals surface area contributed by atoms with Gasteiger partial charge in [0.1, 0.15) is 12.2 Å². The van der Waals surface area contributed by atoms with Crippen LogP contribution in [0.3, 0.4) is 0 Å². The van der Waals surface area contributed by atoms with Gasteiger partial charge in [-0.3, -0.25) is 15.2 Å². The number of carbonyl (C=O) groups is 1. The number of non-ortho nitro benzene ring substituents is 1. The Hall–Kier alpha value is -2.97. The lowest BCUT2D eigenvalue weighted by molar-refractivity contribution is -0.384. The highest BCUT2D eigenvalue weighted by Crippen LogP contribution is 2.16. The van der Waals surface area contributed by atoms with Gasteiger partial charge in [-0.2, -0.15) is 5.10 Å². The normalized spacial score (nSPS) is 10.1. The van der Waals surface area contributed by atoms with Gasteiger partial charge in [0.05, 0.1) is 4.92 Å². The van der Waals surface area contributed by atoms with Crippen molar-refractivity contribution in [1.29, 1.82) is 0 Å². The smallest absolute Gasteiger partial charge is 0.319 e. The molecule has 0 bridgehead atoms. The Labute approximate surface area is 119 Å². The second-order valence-electron chi connectivity index (χ2n) is 4.22. The summed E-state index contributed by atoms with van der Waals surface area (Å²) in [6.45, 7) is 0.460. The first-order valence-electron chi connectivity index (χ1n) is 6.28. The molecule has 2 aromatic rings. The van der Waals surface area contributed by atoms with Gasteiger partial charge in [-0.15, -0.1) is 0 Å². The predicted octanol–water partition coefficient (Wildman–Crippen LogP) is 1.47. The number of aromatic amines is 1. The number of aromatic nitrogens is 3. The molecule has 0 fully saturated rings. The Bertz CT molecular complexity index is 613. The molecule has 0 unspecified atom stereocenters. The van der Waals surface area contributed by atoms with Crippen molar-refractivity contribution in [1.82, 2.24) is 20.5 Å². The molecule has 1 aromatic carbocycles. The third-order valence-corrected chi connectivity index (χ3v) is 2.66. The van der Waals surface area contributed by atoms with E-state index in [1.54, 1.807) is 6.07 Å².